The number of rotatable bonds is 5. The molecule has 2 N–H and O–H groups in total. The Labute approximate surface area is 121 Å². The first-order valence-electron chi connectivity index (χ1n) is 6.87. The van der Waals surface area contributed by atoms with E-state index in [0.717, 1.165) is 12.1 Å². The molecule has 2 aliphatic heterocycles. The smallest absolute Gasteiger partial charge is 0.345 e. The minimum atomic E-state index is -0.572. The van der Waals surface area contributed by atoms with Crippen molar-refractivity contribution < 1.29 is 14.4 Å². The van der Waals surface area contributed by atoms with Crippen molar-refractivity contribution in [3.8, 4) is 0 Å². The van der Waals surface area contributed by atoms with E-state index in [1.165, 1.54) is 5.06 Å². The number of fused-ring (bicyclic) bond motifs is 2. The minimum Gasteiger partial charge on any atom is -0.364 e. The lowest BCUT2D eigenvalue weighted by Crippen LogP contribution is -2.33. The summed E-state index contributed by atoms with van der Waals surface area (Å²) in [4.78, 5) is 30.5. The minimum absolute atomic E-state index is 0.131. The lowest BCUT2D eigenvalue weighted by atomic mass is 10.2. The molecule has 0 saturated carbocycles. The number of carbonyl (C=O) groups excluding carboxylic acids is 2. The first kappa shape index (κ1) is 13.6. The van der Waals surface area contributed by atoms with E-state index in [1.807, 2.05) is 13.0 Å². The van der Waals surface area contributed by atoms with Crippen LogP contribution in [0.2, 0.25) is 0 Å². The summed E-state index contributed by atoms with van der Waals surface area (Å²) >= 11 is 0. The van der Waals surface area contributed by atoms with Crippen LogP contribution in [-0.4, -0.2) is 57.4 Å². The fourth-order valence-corrected chi connectivity index (χ4v) is 2.49. The van der Waals surface area contributed by atoms with Gasteiger partial charge in [0.15, 0.2) is 0 Å². The molecule has 1 saturated heterocycles. The molecule has 0 radical (unpaired) electrons. The summed E-state index contributed by atoms with van der Waals surface area (Å²) in [7, 11) is 0. The van der Waals surface area contributed by atoms with Crippen LogP contribution in [0.4, 0.5) is 4.79 Å². The summed E-state index contributed by atoms with van der Waals surface area (Å²) in [6.45, 7) is 3.54. The van der Waals surface area contributed by atoms with Crippen molar-refractivity contribution in [1.29, 1.82) is 0 Å². The summed E-state index contributed by atoms with van der Waals surface area (Å²) in [5, 5.41) is 5.53. The van der Waals surface area contributed by atoms with E-state index in [4.69, 9.17) is 10.6 Å². The molecule has 1 aromatic heterocycles. The second-order valence-corrected chi connectivity index (χ2v) is 5.06. The van der Waals surface area contributed by atoms with Crippen molar-refractivity contribution in [2.24, 2.45) is 5.73 Å². The van der Waals surface area contributed by atoms with Gasteiger partial charge in [0.2, 0.25) is 0 Å². The van der Waals surface area contributed by atoms with Crippen molar-refractivity contribution in [3.63, 3.8) is 0 Å². The molecule has 112 valence electrons. The van der Waals surface area contributed by atoms with Crippen molar-refractivity contribution >= 4 is 17.6 Å². The quantitative estimate of drug-likeness (QED) is 0.843. The van der Waals surface area contributed by atoms with Crippen LogP contribution < -0.4 is 5.73 Å². The Balaban J connectivity index is 1.82. The molecule has 1 atom stereocenters. The number of nitrogens with zero attached hydrogens (tertiary/aromatic N) is 4. The first-order valence-corrected chi connectivity index (χ1v) is 6.87. The van der Waals surface area contributed by atoms with E-state index in [2.05, 4.69) is 5.10 Å². The number of hydroxylamine groups is 2. The summed E-state index contributed by atoms with van der Waals surface area (Å²) in [6, 6.07) is 1.29. The molecular formula is C13H17N5O3. The molecule has 0 aliphatic carbocycles. The predicted molar refractivity (Wildman–Crippen MR) is 73.9 cm³/mol. The Kier molecular flexibility index (Phi) is 3.38. The van der Waals surface area contributed by atoms with Crippen LogP contribution in [0.5, 0.6) is 0 Å². The molecule has 8 heteroatoms. The van der Waals surface area contributed by atoms with Crippen LogP contribution in [0.1, 0.15) is 23.8 Å². The van der Waals surface area contributed by atoms with Gasteiger partial charge in [0.1, 0.15) is 5.69 Å². The van der Waals surface area contributed by atoms with Crippen molar-refractivity contribution in [2.75, 3.05) is 19.7 Å². The van der Waals surface area contributed by atoms with E-state index in [9.17, 15) is 9.59 Å². The van der Waals surface area contributed by atoms with Gasteiger partial charge in [-0.3, -0.25) is 9.63 Å². The van der Waals surface area contributed by atoms with Gasteiger partial charge in [-0.2, -0.15) is 10.2 Å². The van der Waals surface area contributed by atoms with Gasteiger partial charge < -0.3 is 10.6 Å². The van der Waals surface area contributed by atoms with Crippen LogP contribution in [0.3, 0.4) is 0 Å². The number of amides is 3. The van der Waals surface area contributed by atoms with Crippen LogP contribution in [0.25, 0.3) is 5.70 Å². The van der Waals surface area contributed by atoms with Crippen LogP contribution in [-0.2, 0) is 4.84 Å². The zero-order chi connectivity index (χ0) is 15.0. The molecule has 3 amide bonds. The molecule has 21 heavy (non-hydrogen) atoms. The highest BCUT2D eigenvalue weighted by molar-refractivity contribution is 5.90. The van der Waals surface area contributed by atoms with E-state index in [-0.39, 0.29) is 17.8 Å². The van der Waals surface area contributed by atoms with Crippen LogP contribution in [0, 0.1) is 0 Å². The zero-order valence-corrected chi connectivity index (χ0v) is 11.7. The lowest BCUT2D eigenvalue weighted by molar-refractivity contribution is -0.119. The molecule has 3 heterocycles. The first-order chi connectivity index (χ1) is 10.1. The SMILES string of the molecule is CCCON1C(=O)N2CC(n3ccc(C(N)=O)n3)=CC1C2. The highest BCUT2D eigenvalue weighted by Gasteiger charge is 2.41. The van der Waals surface area contributed by atoms with Gasteiger partial charge in [-0.25, -0.2) is 9.48 Å². The van der Waals surface area contributed by atoms with Crippen molar-refractivity contribution in [1.82, 2.24) is 19.7 Å². The fourth-order valence-electron chi connectivity index (χ4n) is 2.49. The average molecular weight is 291 g/mol. The molecule has 3 rings (SSSR count). The fraction of sp³-hybridized carbons (Fsp3) is 0.462. The van der Waals surface area contributed by atoms with E-state index in [1.54, 1.807) is 21.8 Å². The third kappa shape index (κ3) is 2.38. The molecule has 0 aromatic carbocycles. The molecule has 1 fully saturated rings. The van der Waals surface area contributed by atoms with Crippen molar-refractivity contribution in [3.05, 3.63) is 24.0 Å². The average Bonchev–Trinajstić information content (AvgIpc) is 3.03. The summed E-state index contributed by atoms with van der Waals surface area (Å²) < 4.78 is 1.58. The van der Waals surface area contributed by atoms with Gasteiger partial charge in [0.05, 0.1) is 24.9 Å². The Morgan fingerprint density at radius 3 is 3.05 bits per heavy atom. The second-order valence-electron chi connectivity index (χ2n) is 5.06. The van der Waals surface area contributed by atoms with Crippen LogP contribution >= 0.6 is 0 Å². The number of urea groups is 1. The van der Waals surface area contributed by atoms with Gasteiger partial charge >= 0.3 is 6.03 Å². The molecule has 0 spiro atoms. The second kappa shape index (κ2) is 5.21. The molecule has 2 aliphatic rings. The lowest BCUT2D eigenvalue weighted by Gasteiger charge is -2.21. The van der Waals surface area contributed by atoms with Gasteiger partial charge in [-0.05, 0) is 18.6 Å². The monoisotopic (exact) mass is 291 g/mol. The Bertz CT molecular complexity index is 609. The molecule has 8 nitrogen and oxygen atoms in total. The van der Waals surface area contributed by atoms with Gasteiger partial charge in [0.25, 0.3) is 5.91 Å². The molecular weight excluding hydrogens is 274 g/mol. The maximum Gasteiger partial charge on any atom is 0.345 e. The van der Waals surface area contributed by atoms with Gasteiger partial charge in [-0.15, -0.1) is 0 Å². The highest BCUT2D eigenvalue weighted by atomic mass is 16.7. The van der Waals surface area contributed by atoms with Gasteiger partial charge in [-0.1, -0.05) is 6.92 Å². The Morgan fingerprint density at radius 1 is 1.57 bits per heavy atom. The number of carbonyl (C=O) groups is 2. The van der Waals surface area contributed by atoms with Crippen LogP contribution in [0.15, 0.2) is 18.3 Å². The van der Waals surface area contributed by atoms with E-state index >= 15 is 0 Å². The number of primary amides is 1. The topological polar surface area (TPSA) is 93.7 Å². The predicted octanol–water partition coefficient (Wildman–Crippen LogP) is 0.284. The number of aromatic nitrogens is 2. The highest BCUT2D eigenvalue weighted by Crippen LogP contribution is 2.26. The summed E-state index contributed by atoms with van der Waals surface area (Å²) in [6.07, 6.45) is 4.45. The summed E-state index contributed by atoms with van der Waals surface area (Å²) in [5.41, 5.74) is 6.23. The standard InChI is InChI=1S/C13H17N5O3/c1-2-5-21-18-10-6-9(7-16(8-10)13(18)20)17-4-3-11(15-17)12(14)19/h3-4,6,10H,2,5,7-8H2,1H3,(H2,14,19). The van der Waals surface area contributed by atoms with E-state index in [0.29, 0.717) is 19.7 Å². The number of nitrogens with two attached hydrogens (primary N) is 1. The Morgan fingerprint density at radius 2 is 2.38 bits per heavy atom. The maximum absolute atomic E-state index is 12.2. The number of hydrogen-bond donors (Lipinski definition) is 1. The third-order valence-corrected chi connectivity index (χ3v) is 3.48. The molecule has 2 bridgehead atoms. The van der Waals surface area contributed by atoms with Gasteiger partial charge in [0, 0.05) is 12.7 Å². The molecule has 1 unspecified atom stereocenters. The molecule has 1 aromatic rings. The van der Waals surface area contributed by atoms with E-state index < -0.39 is 5.91 Å². The normalized spacial score (nSPS) is 20.9. The number of hydrogen-bond acceptors (Lipinski definition) is 4. The summed E-state index contributed by atoms with van der Waals surface area (Å²) in [5.74, 6) is -0.572. The third-order valence-electron chi connectivity index (χ3n) is 3.48. The Hall–Kier alpha value is -2.35. The largest absolute Gasteiger partial charge is 0.364 e. The zero-order valence-electron chi connectivity index (χ0n) is 11.7. The maximum atomic E-state index is 12.2. The van der Waals surface area contributed by atoms with Crippen molar-refractivity contribution in [2.45, 2.75) is 19.4 Å².